The maximum atomic E-state index is 13.4. The van der Waals surface area contributed by atoms with Crippen molar-refractivity contribution in [3.63, 3.8) is 0 Å². The lowest BCUT2D eigenvalue weighted by molar-refractivity contribution is -0.140. The molecule has 3 fully saturated rings. The molecule has 1 heterocycles. The smallest absolute Gasteiger partial charge is 0.259 e. The van der Waals surface area contributed by atoms with Gasteiger partial charge in [-0.2, -0.15) is 0 Å². The third-order valence-corrected chi connectivity index (χ3v) is 7.62. The van der Waals surface area contributed by atoms with Crippen molar-refractivity contribution in [2.45, 2.75) is 13.3 Å². The van der Waals surface area contributed by atoms with Crippen LogP contribution in [0.4, 0.5) is 5.69 Å². The van der Waals surface area contributed by atoms with Crippen LogP contribution in [0.3, 0.4) is 0 Å². The third-order valence-electron chi connectivity index (χ3n) is 7.62. The van der Waals surface area contributed by atoms with Gasteiger partial charge in [0.25, 0.3) is 5.91 Å². The number of rotatable bonds is 4. The van der Waals surface area contributed by atoms with Gasteiger partial charge in [-0.15, -0.1) is 0 Å². The molecule has 156 valence electrons. The van der Waals surface area contributed by atoms with E-state index in [0.29, 0.717) is 23.1 Å². The van der Waals surface area contributed by atoms with Crippen LogP contribution in [-0.2, 0) is 9.59 Å². The topological polar surface area (TPSA) is 57.7 Å². The Hall–Kier alpha value is -3.21. The van der Waals surface area contributed by atoms with Gasteiger partial charge in [-0.3, -0.25) is 24.2 Å². The van der Waals surface area contributed by atoms with E-state index in [4.69, 9.17) is 0 Å². The minimum atomic E-state index is -0.252. The number of carbonyl (C=O) groups is 3. The Morgan fingerprint density at radius 1 is 0.935 bits per heavy atom. The average molecular weight is 412 g/mol. The Bertz CT molecular complexity index is 1090. The molecule has 3 amide bonds. The lowest BCUT2D eigenvalue weighted by Gasteiger charge is -2.37. The highest BCUT2D eigenvalue weighted by Gasteiger charge is 2.67. The summed E-state index contributed by atoms with van der Waals surface area (Å²) in [5.41, 5.74) is 2.23. The van der Waals surface area contributed by atoms with Gasteiger partial charge in [0.1, 0.15) is 6.67 Å². The zero-order valence-electron chi connectivity index (χ0n) is 17.3. The van der Waals surface area contributed by atoms with Crippen LogP contribution < -0.4 is 4.90 Å². The van der Waals surface area contributed by atoms with Crippen LogP contribution >= 0.6 is 0 Å². The average Bonchev–Trinajstić information content (AvgIpc) is 3.57. The molecule has 6 atom stereocenters. The highest BCUT2D eigenvalue weighted by Crippen LogP contribution is 2.65. The first-order valence-electron chi connectivity index (χ1n) is 11.0. The van der Waals surface area contributed by atoms with Gasteiger partial charge in [-0.05, 0) is 66.8 Å². The first-order valence-corrected chi connectivity index (χ1v) is 11.0. The zero-order chi connectivity index (χ0) is 21.3. The summed E-state index contributed by atoms with van der Waals surface area (Å²) in [4.78, 5) is 43.2. The molecule has 5 heteroatoms. The number of hydrogen-bond donors (Lipinski definition) is 0. The fourth-order valence-corrected chi connectivity index (χ4v) is 6.10. The third kappa shape index (κ3) is 2.72. The summed E-state index contributed by atoms with van der Waals surface area (Å²) >= 11 is 0. The number of carbonyl (C=O) groups excluding carboxylic acids is 3. The maximum absolute atomic E-state index is 13.4. The van der Waals surface area contributed by atoms with Gasteiger partial charge < -0.3 is 0 Å². The minimum absolute atomic E-state index is 0.0450. The Labute approximate surface area is 181 Å². The van der Waals surface area contributed by atoms with E-state index in [9.17, 15) is 14.4 Å². The molecule has 1 aliphatic heterocycles. The number of nitrogens with zero attached hydrogens (tertiary/aromatic N) is 2. The van der Waals surface area contributed by atoms with Crippen LogP contribution in [0.15, 0.2) is 66.7 Å². The van der Waals surface area contributed by atoms with Gasteiger partial charge in [-0.25, -0.2) is 0 Å². The van der Waals surface area contributed by atoms with E-state index in [1.165, 1.54) is 4.90 Å². The molecule has 0 radical (unpaired) electrons. The SMILES string of the molecule is Cc1cccc(N(CN2C(=O)[C@@H]3[C@H]4C=C[C@@H]([C@@H]5C[C@@H]45)[C@H]3C2=O)C(=O)c2ccccc2)c1. The van der Waals surface area contributed by atoms with Crippen molar-refractivity contribution in [1.29, 1.82) is 0 Å². The van der Waals surface area contributed by atoms with Crippen molar-refractivity contribution in [2.24, 2.45) is 35.5 Å². The highest BCUT2D eigenvalue weighted by molar-refractivity contribution is 6.09. The molecule has 2 bridgehead atoms. The Morgan fingerprint density at radius 2 is 1.58 bits per heavy atom. The molecular formula is C26H24N2O3. The molecule has 5 nitrogen and oxygen atoms in total. The first kappa shape index (κ1) is 18.6. The quantitative estimate of drug-likeness (QED) is 0.569. The van der Waals surface area contributed by atoms with E-state index in [2.05, 4.69) is 12.2 Å². The molecule has 5 aliphatic rings. The van der Waals surface area contributed by atoms with E-state index in [1.807, 2.05) is 49.4 Å². The van der Waals surface area contributed by atoms with Crippen molar-refractivity contribution in [2.75, 3.05) is 11.6 Å². The van der Waals surface area contributed by atoms with Gasteiger partial charge in [0.15, 0.2) is 0 Å². The van der Waals surface area contributed by atoms with Crippen LogP contribution in [0.2, 0.25) is 0 Å². The number of amides is 3. The summed E-state index contributed by atoms with van der Waals surface area (Å²) < 4.78 is 0. The van der Waals surface area contributed by atoms with Crippen molar-refractivity contribution >= 4 is 23.4 Å². The molecule has 1 saturated heterocycles. The largest absolute Gasteiger partial charge is 0.290 e. The lowest BCUT2D eigenvalue weighted by atomic mass is 9.63. The van der Waals surface area contributed by atoms with Crippen molar-refractivity contribution < 1.29 is 14.4 Å². The second-order valence-electron chi connectivity index (χ2n) is 9.34. The highest BCUT2D eigenvalue weighted by atomic mass is 16.2. The van der Waals surface area contributed by atoms with Gasteiger partial charge >= 0.3 is 0 Å². The predicted molar refractivity (Wildman–Crippen MR) is 116 cm³/mol. The Kier molecular flexibility index (Phi) is 3.98. The monoisotopic (exact) mass is 412 g/mol. The number of anilines is 1. The number of likely N-dealkylation sites (tertiary alicyclic amines) is 1. The van der Waals surface area contributed by atoms with Crippen LogP contribution in [0.25, 0.3) is 0 Å². The molecule has 0 spiro atoms. The van der Waals surface area contributed by atoms with Gasteiger partial charge in [-0.1, -0.05) is 42.5 Å². The van der Waals surface area contributed by atoms with Gasteiger partial charge in [0.2, 0.25) is 11.8 Å². The second-order valence-corrected chi connectivity index (χ2v) is 9.34. The van der Waals surface area contributed by atoms with Gasteiger partial charge in [0.05, 0.1) is 11.8 Å². The van der Waals surface area contributed by atoms with E-state index in [1.54, 1.807) is 17.0 Å². The summed E-state index contributed by atoms with van der Waals surface area (Å²) in [6.07, 6.45) is 5.47. The Balaban J connectivity index is 1.35. The minimum Gasteiger partial charge on any atom is -0.290 e. The fourth-order valence-electron chi connectivity index (χ4n) is 6.10. The number of aryl methyl sites for hydroxylation is 1. The number of benzene rings is 2. The van der Waals surface area contributed by atoms with Crippen LogP contribution in [0, 0.1) is 42.4 Å². The summed E-state index contributed by atoms with van der Waals surface area (Å²) in [6.45, 7) is 1.92. The molecule has 31 heavy (non-hydrogen) atoms. The van der Waals surface area contributed by atoms with Crippen LogP contribution in [0.1, 0.15) is 22.3 Å². The van der Waals surface area contributed by atoms with Crippen molar-refractivity contribution in [1.82, 2.24) is 4.90 Å². The molecule has 0 N–H and O–H groups in total. The van der Waals surface area contributed by atoms with Crippen LogP contribution in [0.5, 0.6) is 0 Å². The van der Waals surface area contributed by atoms with Crippen molar-refractivity contribution in [3.8, 4) is 0 Å². The summed E-state index contributed by atoms with van der Waals surface area (Å²) in [5.74, 6) is 0.535. The number of allylic oxidation sites excluding steroid dienone is 2. The molecule has 0 unspecified atom stereocenters. The van der Waals surface area contributed by atoms with E-state index >= 15 is 0 Å². The molecule has 7 rings (SSSR count). The standard InChI is InChI=1S/C26H24N2O3/c1-15-6-5-9-17(12-15)27(24(29)16-7-3-2-4-8-16)14-28-25(30)22-18-10-11-19(21-13-20(18)21)23(22)26(28)31/h2-12,18-23H,13-14H2,1H3/t18-,19-,20-,21-,22+,23+/m0/s1. The lowest BCUT2D eigenvalue weighted by Crippen LogP contribution is -2.45. The summed E-state index contributed by atoms with van der Waals surface area (Å²) in [5, 5.41) is 0. The molecule has 2 aromatic carbocycles. The molecular weight excluding hydrogens is 388 g/mol. The summed E-state index contributed by atoms with van der Waals surface area (Å²) in [6, 6.07) is 16.6. The van der Waals surface area contributed by atoms with E-state index in [-0.39, 0.29) is 48.1 Å². The second kappa shape index (κ2) is 6.64. The van der Waals surface area contributed by atoms with Crippen LogP contribution in [-0.4, -0.2) is 29.3 Å². The normalized spacial score (nSPS) is 32.1. The molecule has 2 aromatic rings. The molecule has 0 aromatic heterocycles. The maximum Gasteiger partial charge on any atom is 0.259 e. The zero-order valence-corrected chi connectivity index (χ0v) is 17.3. The molecule has 2 saturated carbocycles. The predicted octanol–water partition coefficient (Wildman–Crippen LogP) is 3.65. The van der Waals surface area contributed by atoms with E-state index < -0.39 is 0 Å². The number of imide groups is 1. The molecule has 4 aliphatic carbocycles. The van der Waals surface area contributed by atoms with Crippen molar-refractivity contribution in [3.05, 3.63) is 77.9 Å². The number of hydrogen-bond acceptors (Lipinski definition) is 3. The Morgan fingerprint density at radius 3 is 2.19 bits per heavy atom. The van der Waals surface area contributed by atoms with E-state index in [0.717, 1.165) is 12.0 Å². The fraction of sp³-hybridized carbons (Fsp3) is 0.346. The van der Waals surface area contributed by atoms with Gasteiger partial charge in [0, 0.05) is 11.3 Å². The first-order chi connectivity index (χ1) is 15.0. The summed E-state index contributed by atoms with van der Waals surface area (Å²) in [7, 11) is 0.